The van der Waals surface area contributed by atoms with Gasteiger partial charge < -0.3 is 0 Å². The second-order valence-corrected chi connectivity index (χ2v) is 7.54. The summed E-state index contributed by atoms with van der Waals surface area (Å²) < 4.78 is 10.9. The van der Waals surface area contributed by atoms with Crippen LogP contribution in [0.1, 0.15) is 19.4 Å². The molecule has 0 atom stereocenters. The van der Waals surface area contributed by atoms with E-state index in [1.54, 1.807) is 12.1 Å². The van der Waals surface area contributed by atoms with Crippen molar-refractivity contribution in [1.29, 1.82) is 0 Å². The standard InChI is InChI=1S/C12H17NO5P/c1-12(2)8-17-19(16,18-9-12)7-10-3-5-11(6-4-10)13(14)15/h3-6,16H,7-9H2,1-2H3/q+1. The third-order valence-corrected chi connectivity index (χ3v) is 4.67. The molecule has 0 bridgehead atoms. The molecular formula is C12H17NO5P+. The molecule has 1 N–H and O–H groups in total. The van der Waals surface area contributed by atoms with Crippen LogP contribution >= 0.6 is 7.94 Å². The predicted octanol–water partition coefficient (Wildman–Crippen LogP) is 2.92. The summed E-state index contributed by atoms with van der Waals surface area (Å²) in [6.07, 6.45) is 0.251. The minimum absolute atomic E-state index is 0.0284. The van der Waals surface area contributed by atoms with E-state index < -0.39 is 12.9 Å². The summed E-state index contributed by atoms with van der Waals surface area (Å²) in [7, 11) is -2.87. The minimum atomic E-state index is -2.87. The highest BCUT2D eigenvalue weighted by Gasteiger charge is 2.48. The van der Waals surface area contributed by atoms with Crippen molar-refractivity contribution >= 4 is 13.6 Å². The zero-order chi connectivity index (χ0) is 14.1. The summed E-state index contributed by atoms with van der Waals surface area (Å²) in [5, 5.41) is 10.6. The van der Waals surface area contributed by atoms with Crippen LogP contribution in [-0.4, -0.2) is 23.0 Å². The molecule has 0 aliphatic carbocycles. The SMILES string of the molecule is CC1(C)CO[P+](O)(Cc2ccc([N+](=O)[O-])cc2)OC1. The fourth-order valence-corrected chi connectivity index (χ4v) is 3.71. The second kappa shape index (κ2) is 5.13. The van der Waals surface area contributed by atoms with Crippen LogP contribution < -0.4 is 0 Å². The van der Waals surface area contributed by atoms with Gasteiger partial charge in [-0.15, -0.1) is 0 Å². The number of rotatable bonds is 3. The lowest BCUT2D eigenvalue weighted by molar-refractivity contribution is -0.384. The van der Waals surface area contributed by atoms with E-state index in [1.807, 2.05) is 13.8 Å². The van der Waals surface area contributed by atoms with Crippen LogP contribution in [0, 0.1) is 15.5 Å². The molecule has 1 aliphatic heterocycles. The van der Waals surface area contributed by atoms with Gasteiger partial charge in [0.2, 0.25) is 0 Å². The topological polar surface area (TPSA) is 81.8 Å². The van der Waals surface area contributed by atoms with Gasteiger partial charge in [-0.25, -0.2) is 0 Å². The van der Waals surface area contributed by atoms with Gasteiger partial charge in [-0.3, -0.25) is 10.1 Å². The zero-order valence-electron chi connectivity index (χ0n) is 10.9. The van der Waals surface area contributed by atoms with E-state index >= 15 is 0 Å². The number of non-ortho nitro benzene ring substituents is 1. The van der Waals surface area contributed by atoms with Crippen molar-refractivity contribution < 1.29 is 18.9 Å². The van der Waals surface area contributed by atoms with Crippen LogP contribution in [0.5, 0.6) is 0 Å². The molecule has 7 heteroatoms. The van der Waals surface area contributed by atoms with E-state index in [-0.39, 0.29) is 17.3 Å². The third-order valence-electron chi connectivity index (χ3n) is 2.84. The van der Waals surface area contributed by atoms with Crippen LogP contribution in [0.25, 0.3) is 0 Å². The molecule has 0 amide bonds. The van der Waals surface area contributed by atoms with Crippen LogP contribution in [0.15, 0.2) is 24.3 Å². The fraction of sp³-hybridized carbons (Fsp3) is 0.500. The molecule has 1 fully saturated rings. The second-order valence-electron chi connectivity index (χ2n) is 5.43. The van der Waals surface area contributed by atoms with Gasteiger partial charge in [0, 0.05) is 17.5 Å². The molecule has 0 saturated carbocycles. The van der Waals surface area contributed by atoms with Crippen molar-refractivity contribution in [2.75, 3.05) is 13.2 Å². The Bertz CT molecular complexity index is 464. The molecule has 1 aromatic carbocycles. The third kappa shape index (κ3) is 3.70. The summed E-state index contributed by atoms with van der Waals surface area (Å²) >= 11 is 0. The van der Waals surface area contributed by atoms with Gasteiger partial charge in [0.25, 0.3) is 5.69 Å². The fourth-order valence-electron chi connectivity index (χ4n) is 1.68. The first-order valence-electron chi connectivity index (χ1n) is 5.93. The molecule has 19 heavy (non-hydrogen) atoms. The van der Waals surface area contributed by atoms with Crippen molar-refractivity contribution in [1.82, 2.24) is 0 Å². The molecule has 6 nitrogen and oxygen atoms in total. The maximum Gasteiger partial charge on any atom is 0.413 e. The van der Waals surface area contributed by atoms with Gasteiger partial charge in [-0.05, 0) is 17.7 Å². The molecule has 0 spiro atoms. The molecule has 1 aliphatic rings. The number of hydrogen-bond acceptors (Lipinski definition) is 5. The number of nitro groups is 1. The quantitative estimate of drug-likeness (QED) is 0.525. The Balaban J connectivity index is 2.03. The van der Waals surface area contributed by atoms with E-state index in [4.69, 9.17) is 9.05 Å². The van der Waals surface area contributed by atoms with E-state index in [9.17, 15) is 15.0 Å². The van der Waals surface area contributed by atoms with Crippen molar-refractivity contribution in [3.8, 4) is 0 Å². The highest BCUT2D eigenvalue weighted by molar-refractivity contribution is 7.59. The van der Waals surface area contributed by atoms with E-state index in [1.165, 1.54) is 12.1 Å². The lowest BCUT2D eigenvalue weighted by atomic mass is 9.97. The summed E-state index contributed by atoms with van der Waals surface area (Å²) in [5.74, 6) is 0. The molecule has 0 radical (unpaired) electrons. The number of nitro benzene ring substituents is 1. The maximum atomic E-state index is 10.6. The van der Waals surface area contributed by atoms with E-state index in [0.29, 0.717) is 13.2 Å². The first kappa shape index (κ1) is 14.3. The summed E-state index contributed by atoms with van der Waals surface area (Å²) in [6.45, 7) is 4.90. The minimum Gasteiger partial charge on any atom is -0.258 e. The first-order valence-corrected chi connectivity index (χ1v) is 7.69. The van der Waals surface area contributed by atoms with Gasteiger partial charge in [0.15, 0.2) is 6.16 Å². The Morgan fingerprint density at radius 3 is 2.32 bits per heavy atom. The van der Waals surface area contributed by atoms with Gasteiger partial charge in [-0.1, -0.05) is 13.8 Å². The normalized spacial score (nSPS) is 21.0. The average Bonchev–Trinajstić information content (AvgIpc) is 2.34. The molecule has 0 unspecified atom stereocenters. The largest absolute Gasteiger partial charge is 0.413 e. The first-order chi connectivity index (χ1) is 8.80. The van der Waals surface area contributed by atoms with E-state index in [0.717, 1.165) is 5.56 Å². The molecule has 1 aromatic rings. The lowest BCUT2D eigenvalue weighted by Gasteiger charge is -2.31. The number of benzene rings is 1. The maximum absolute atomic E-state index is 10.6. The predicted molar refractivity (Wildman–Crippen MR) is 71.6 cm³/mol. The van der Waals surface area contributed by atoms with Crippen LogP contribution in [0.4, 0.5) is 5.69 Å². The van der Waals surface area contributed by atoms with Gasteiger partial charge in [-0.2, -0.15) is 13.9 Å². The van der Waals surface area contributed by atoms with Crippen molar-refractivity contribution in [3.63, 3.8) is 0 Å². The zero-order valence-corrected chi connectivity index (χ0v) is 11.8. The Labute approximate surface area is 112 Å². The molecule has 1 saturated heterocycles. The Kier molecular flexibility index (Phi) is 3.87. The number of hydrogen-bond donors (Lipinski definition) is 1. The van der Waals surface area contributed by atoms with Crippen LogP contribution in [-0.2, 0) is 15.2 Å². The smallest absolute Gasteiger partial charge is 0.258 e. The highest BCUT2D eigenvalue weighted by atomic mass is 31.2. The molecule has 0 aromatic heterocycles. The van der Waals surface area contributed by atoms with Crippen molar-refractivity contribution in [3.05, 3.63) is 39.9 Å². The van der Waals surface area contributed by atoms with Gasteiger partial charge in [0.1, 0.15) is 13.2 Å². The summed E-state index contributed by atoms with van der Waals surface area (Å²) in [4.78, 5) is 20.4. The van der Waals surface area contributed by atoms with Crippen LogP contribution in [0.3, 0.4) is 0 Å². The Hall–Kier alpha value is -1.07. The average molecular weight is 286 g/mol. The Morgan fingerprint density at radius 2 is 1.84 bits per heavy atom. The molecule has 104 valence electrons. The molecular weight excluding hydrogens is 269 g/mol. The Morgan fingerprint density at radius 1 is 1.32 bits per heavy atom. The molecule has 2 rings (SSSR count). The summed E-state index contributed by atoms with van der Waals surface area (Å²) in [6, 6.07) is 6.05. The number of nitrogens with zero attached hydrogens (tertiary/aromatic N) is 1. The van der Waals surface area contributed by atoms with Crippen molar-refractivity contribution in [2.24, 2.45) is 5.41 Å². The molecule has 1 heterocycles. The van der Waals surface area contributed by atoms with Crippen molar-refractivity contribution in [2.45, 2.75) is 20.0 Å². The van der Waals surface area contributed by atoms with Crippen LogP contribution in [0.2, 0.25) is 0 Å². The summed E-state index contributed by atoms with van der Waals surface area (Å²) in [5.41, 5.74) is 0.698. The van der Waals surface area contributed by atoms with Gasteiger partial charge in [0.05, 0.1) is 4.92 Å². The van der Waals surface area contributed by atoms with Gasteiger partial charge >= 0.3 is 7.94 Å². The lowest BCUT2D eigenvalue weighted by Crippen LogP contribution is -2.31. The van der Waals surface area contributed by atoms with E-state index in [2.05, 4.69) is 0 Å². The highest BCUT2D eigenvalue weighted by Crippen LogP contribution is 2.63. The monoisotopic (exact) mass is 286 g/mol.